The van der Waals surface area contributed by atoms with Crippen molar-refractivity contribution in [1.29, 1.82) is 0 Å². The van der Waals surface area contributed by atoms with Gasteiger partial charge in [0, 0.05) is 11.9 Å². The van der Waals surface area contributed by atoms with Gasteiger partial charge in [0.15, 0.2) is 0 Å². The number of aromatic nitrogens is 1. The summed E-state index contributed by atoms with van der Waals surface area (Å²) in [6, 6.07) is 7.82. The molecule has 1 aromatic carbocycles. The third-order valence-corrected chi connectivity index (χ3v) is 4.20. The number of hydrogen-bond donors (Lipinski definition) is 2. The number of benzene rings is 1. The first kappa shape index (κ1) is 15.1. The molecule has 0 unspecified atom stereocenters. The summed E-state index contributed by atoms with van der Waals surface area (Å²) in [7, 11) is -3.81. The fourth-order valence-corrected chi connectivity index (χ4v) is 3.10. The molecule has 0 aliphatic heterocycles. The van der Waals surface area contributed by atoms with E-state index in [1.807, 2.05) is 0 Å². The van der Waals surface area contributed by atoms with Gasteiger partial charge in [0.2, 0.25) is 0 Å². The van der Waals surface area contributed by atoms with Crippen molar-refractivity contribution in [3.05, 3.63) is 42.2 Å². The zero-order valence-electron chi connectivity index (χ0n) is 11.8. The number of hydrogen-bond acceptors (Lipinski definition) is 5. The Kier molecular flexibility index (Phi) is 4.32. The zero-order chi connectivity index (χ0) is 15.5. The average Bonchev–Trinajstić information content (AvgIpc) is 2.43. The molecule has 0 bridgehead atoms. The van der Waals surface area contributed by atoms with E-state index in [-0.39, 0.29) is 10.6 Å². The quantitative estimate of drug-likeness (QED) is 0.826. The number of ether oxygens (including phenoxy) is 1. The van der Waals surface area contributed by atoms with Crippen LogP contribution in [0.25, 0.3) is 0 Å². The van der Waals surface area contributed by atoms with Gasteiger partial charge in [0.05, 0.1) is 18.0 Å². The normalized spacial score (nSPS) is 11.1. The molecule has 1 heterocycles. The van der Waals surface area contributed by atoms with E-state index in [4.69, 9.17) is 10.5 Å². The van der Waals surface area contributed by atoms with E-state index in [1.165, 1.54) is 6.07 Å². The Morgan fingerprint density at radius 1 is 1.33 bits per heavy atom. The number of sulfonamides is 1. The van der Waals surface area contributed by atoms with Crippen LogP contribution in [-0.4, -0.2) is 20.0 Å². The maximum absolute atomic E-state index is 12.5. The van der Waals surface area contributed by atoms with Crippen LogP contribution in [-0.2, 0) is 10.0 Å². The van der Waals surface area contributed by atoms with E-state index in [0.717, 1.165) is 0 Å². The van der Waals surface area contributed by atoms with E-state index < -0.39 is 10.0 Å². The van der Waals surface area contributed by atoms with Crippen LogP contribution in [0.15, 0.2) is 41.4 Å². The lowest BCUT2D eigenvalue weighted by Gasteiger charge is -2.14. The molecule has 2 aromatic rings. The Balaban J connectivity index is 2.44. The minimum Gasteiger partial charge on any atom is -0.492 e. The van der Waals surface area contributed by atoms with E-state index in [0.29, 0.717) is 23.7 Å². The van der Waals surface area contributed by atoms with Crippen LogP contribution in [0.5, 0.6) is 5.75 Å². The summed E-state index contributed by atoms with van der Waals surface area (Å²) in [5.74, 6) is 0.265. The van der Waals surface area contributed by atoms with E-state index in [9.17, 15) is 8.42 Å². The van der Waals surface area contributed by atoms with Gasteiger partial charge in [-0.05, 0) is 44.2 Å². The number of rotatable bonds is 5. The molecule has 0 spiro atoms. The highest BCUT2D eigenvalue weighted by atomic mass is 32.2. The van der Waals surface area contributed by atoms with Crippen molar-refractivity contribution in [2.75, 3.05) is 17.1 Å². The van der Waals surface area contributed by atoms with E-state index in [1.54, 1.807) is 44.3 Å². The van der Waals surface area contributed by atoms with Crippen molar-refractivity contribution >= 4 is 21.4 Å². The number of anilines is 2. The standard InChI is InChI=1S/C14H17N3O3S/c1-3-20-13-7-6-11(15)9-14(13)21(18,19)17-12-5-4-8-16-10(12)2/h4-9,17H,3,15H2,1-2H3. The Morgan fingerprint density at radius 2 is 2.10 bits per heavy atom. The minimum atomic E-state index is -3.81. The van der Waals surface area contributed by atoms with Crippen molar-refractivity contribution in [3.63, 3.8) is 0 Å². The van der Waals surface area contributed by atoms with Gasteiger partial charge in [-0.3, -0.25) is 9.71 Å². The second-order valence-corrected chi connectivity index (χ2v) is 6.03. The number of nitrogen functional groups attached to an aromatic ring is 1. The predicted octanol–water partition coefficient (Wildman–Crippen LogP) is 2.17. The molecule has 7 heteroatoms. The predicted molar refractivity (Wildman–Crippen MR) is 81.8 cm³/mol. The van der Waals surface area contributed by atoms with Crippen molar-refractivity contribution in [2.45, 2.75) is 18.7 Å². The molecule has 0 radical (unpaired) electrons. The van der Waals surface area contributed by atoms with Gasteiger partial charge in [-0.15, -0.1) is 0 Å². The largest absolute Gasteiger partial charge is 0.492 e. The monoisotopic (exact) mass is 307 g/mol. The number of aryl methyl sites for hydroxylation is 1. The number of pyridine rings is 1. The molecule has 2 rings (SSSR count). The lowest BCUT2D eigenvalue weighted by molar-refractivity contribution is 0.331. The molecule has 0 amide bonds. The van der Waals surface area contributed by atoms with E-state index in [2.05, 4.69) is 9.71 Å². The summed E-state index contributed by atoms with van der Waals surface area (Å²) >= 11 is 0. The smallest absolute Gasteiger partial charge is 0.265 e. The van der Waals surface area contributed by atoms with Crippen LogP contribution in [0.2, 0.25) is 0 Å². The fourth-order valence-electron chi connectivity index (χ4n) is 1.80. The third-order valence-electron chi connectivity index (χ3n) is 2.81. The van der Waals surface area contributed by atoms with Crippen molar-refractivity contribution < 1.29 is 13.2 Å². The molecule has 21 heavy (non-hydrogen) atoms. The summed E-state index contributed by atoms with van der Waals surface area (Å²) in [6.45, 7) is 3.87. The minimum absolute atomic E-state index is 0.00704. The summed E-state index contributed by atoms with van der Waals surface area (Å²) in [5, 5.41) is 0. The topological polar surface area (TPSA) is 94.3 Å². The van der Waals surface area contributed by atoms with Gasteiger partial charge in [-0.2, -0.15) is 0 Å². The van der Waals surface area contributed by atoms with Gasteiger partial charge in [-0.1, -0.05) is 0 Å². The number of nitrogens with zero attached hydrogens (tertiary/aromatic N) is 1. The number of nitrogens with one attached hydrogen (secondary N) is 1. The van der Waals surface area contributed by atoms with Crippen molar-refractivity contribution in [1.82, 2.24) is 4.98 Å². The Morgan fingerprint density at radius 3 is 2.76 bits per heavy atom. The molecule has 0 saturated carbocycles. The molecular formula is C14H17N3O3S. The fraction of sp³-hybridized carbons (Fsp3) is 0.214. The third kappa shape index (κ3) is 3.43. The second kappa shape index (κ2) is 6.01. The Bertz CT molecular complexity index is 745. The lowest BCUT2D eigenvalue weighted by Crippen LogP contribution is -2.16. The molecule has 0 atom stereocenters. The highest BCUT2D eigenvalue weighted by molar-refractivity contribution is 7.92. The molecular weight excluding hydrogens is 290 g/mol. The van der Waals surface area contributed by atoms with Gasteiger partial charge >= 0.3 is 0 Å². The highest BCUT2D eigenvalue weighted by Crippen LogP contribution is 2.28. The second-order valence-electron chi connectivity index (χ2n) is 4.38. The average molecular weight is 307 g/mol. The molecule has 0 saturated heterocycles. The van der Waals surface area contributed by atoms with Crippen LogP contribution in [0, 0.1) is 6.92 Å². The summed E-state index contributed by atoms with van der Waals surface area (Å²) in [5.41, 5.74) is 7.04. The van der Waals surface area contributed by atoms with Crippen LogP contribution in [0.4, 0.5) is 11.4 Å². The van der Waals surface area contributed by atoms with Crippen LogP contribution in [0.3, 0.4) is 0 Å². The number of nitrogens with two attached hydrogens (primary N) is 1. The molecule has 1 aromatic heterocycles. The van der Waals surface area contributed by atoms with Crippen LogP contribution < -0.4 is 15.2 Å². The van der Waals surface area contributed by atoms with Gasteiger partial charge < -0.3 is 10.5 Å². The van der Waals surface area contributed by atoms with Gasteiger partial charge in [0.25, 0.3) is 10.0 Å². The molecule has 0 fully saturated rings. The van der Waals surface area contributed by atoms with Gasteiger partial charge in [-0.25, -0.2) is 8.42 Å². The van der Waals surface area contributed by atoms with Gasteiger partial charge in [0.1, 0.15) is 10.6 Å². The maximum atomic E-state index is 12.5. The molecule has 3 N–H and O–H groups in total. The van der Waals surface area contributed by atoms with E-state index >= 15 is 0 Å². The molecule has 0 aliphatic carbocycles. The van der Waals surface area contributed by atoms with Crippen LogP contribution in [0.1, 0.15) is 12.6 Å². The Hall–Kier alpha value is -2.28. The first-order valence-corrected chi connectivity index (χ1v) is 7.89. The molecule has 112 valence electrons. The summed E-state index contributed by atoms with van der Waals surface area (Å²) in [6.07, 6.45) is 1.60. The molecule has 6 nitrogen and oxygen atoms in total. The lowest BCUT2D eigenvalue weighted by atomic mass is 10.3. The summed E-state index contributed by atoms with van der Waals surface area (Å²) in [4.78, 5) is 4.06. The molecule has 0 aliphatic rings. The van der Waals surface area contributed by atoms with Crippen molar-refractivity contribution in [2.24, 2.45) is 0 Å². The maximum Gasteiger partial charge on any atom is 0.265 e. The highest BCUT2D eigenvalue weighted by Gasteiger charge is 2.21. The SMILES string of the molecule is CCOc1ccc(N)cc1S(=O)(=O)Nc1cccnc1C. The van der Waals surface area contributed by atoms with Crippen LogP contribution >= 0.6 is 0 Å². The van der Waals surface area contributed by atoms with Crippen molar-refractivity contribution in [3.8, 4) is 5.75 Å². The first-order valence-electron chi connectivity index (χ1n) is 6.41. The first-order chi connectivity index (χ1) is 9.94. The summed E-state index contributed by atoms with van der Waals surface area (Å²) < 4.78 is 32.9. The zero-order valence-corrected chi connectivity index (χ0v) is 12.6. The Labute approximate surface area is 124 Å².